The van der Waals surface area contributed by atoms with E-state index in [0.29, 0.717) is 23.7 Å². The molecule has 0 saturated heterocycles. The largest absolute Gasteiger partial charge is 0.492 e. The number of ether oxygens (including phenoxy) is 1. The second-order valence-electron chi connectivity index (χ2n) is 6.62. The molecule has 3 aromatic carbocycles. The third-order valence-corrected chi connectivity index (χ3v) is 4.95. The molecule has 0 atom stereocenters. The number of anilines is 1. The Hall–Kier alpha value is -3.04. The van der Waals surface area contributed by atoms with Gasteiger partial charge in [-0.2, -0.15) is 0 Å². The predicted octanol–water partition coefficient (Wildman–Crippen LogP) is 7.28. The van der Waals surface area contributed by atoms with E-state index in [4.69, 9.17) is 27.5 Å². The number of hydrogen-bond donors (Lipinski definition) is 2. The lowest BCUT2D eigenvalue weighted by molar-refractivity contribution is 0.343. The summed E-state index contributed by atoms with van der Waals surface area (Å²) in [6, 6.07) is 24.3. The van der Waals surface area contributed by atoms with Gasteiger partial charge in [0.25, 0.3) is 0 Å². The van der Waals surface area contributed by atoms with Crippen molar-refractivity contribution >= 4 is 34.6 Å². The monoisotopic (exact) mass is 434 g/mol. The molecule has 0 heterocycles. The van der Waals surface area contributed by atoms with Crippen LogP contribution in [-0.4, -0.2) is 18.7 Å². The van der Waals surface area contributed by atoms with Gasteiger partial charge in [-0.15, -0.1) is 11.6 Å². The van der Waals surface area contributed by atoms with Gasteiger partial charge >= 0.3 is 0 Å². The molecule has 0 spiro atoms. The molecule has 0 aliphatic heterocycles. The van der Waals surface area contributed by atoms with Crippen molar-refractivity contribution in [1.82, 2.24) is 0 Å². The highest BCUT2D eigenvalue weighted by atomic mass is 35.5. The van der Waals surface area contributed by atoms with Crippen molar-refractivity contribution in [1.29, 1.82) is 5.41 Å². The van der Waals surface area contributed by atoms with Gasteiger partial charge in [0, 0.05) is 17.5 Å². The molecule has 3 N–H and O–H groups in total. The Bertz CT molecular complexity index is 996. The molecule has 0 fully saturated rings. The van der Waals surface area contributed by atoms with Crippen LogP contribution in [0.4, 0.5) is 5.69 Å². The van der Waals surface area contributed by atoms with Gasteiger partial charge in [-0.05, 0) is 58.5 Å². The van der Waals surface area contributed by atoms with Crippen LogP contribution >= 0.6 is 11.6 Å². The number of allylic oxidation sites excluding steroid dienone is 1. The third-order valence-electron chi connectivity index (χ3n) is 4.80. The predicted molar refractivity (Wildman–Crippen MR) is 135 cm³/mol. The van der Waals surface area contributed by atoms with Crippen LogP contribution in [-0.2, 0) is 0 Å². The fourth-order valence-corrected chi connectivity index (χ4v) is 3.49. The van der Waals surface area contributed by atoms with Crippen LogP contribution < -0.4 is 10.5 Å². The number of hydrogen-bond acceptors (Lipinski definition) is 3. The first-order valence-corrected chi connectivity index (χ1v) is 11.2. The summed E-state index contributed by atoms with van der Waals surface area (Å²) in [4.78, 5) is 0. The molecule has 4 heteroatoms. The quantitative estimate of drug-likeness (QED) is 0.169. The van der Waals surface area contributed by atoms with Crippen molar-refractivity contribution < 1.29 is 4.74 Å². The van der Waals surface area contributed by atoms with Crippen LogP contribution in [0.1, 0.15) is 49.4 Å². The Morgan fingerprint density at radius 3 is 2.16 bits per heavy atom. The molecular formula is C27H31ClN2O. The average molecular weight is 435 g/mol. The summed E-state index contributed by atoms with van der Waals surface area (Å²) in [6.45, 7) is 6.64. The summed E-state index contributed by atoms with van der Waals surface area (Å²) in [5, 5.41) is 7.69. The van der Waals surface area contributed by atoms with Crippen LogP contribution in [0.3, 0.4) is 0 Å². The van der Waals surface area contributed by atoms with Gasteiger partial charge in [-0.3, -0.25) is 0 Å². The van der Waals surface area contributed by atoms with E-state index in [1.807, 2.05) is 50.2 Å². The highest BCUT2D eigenvalue weighted by Crippen LogP contribution is 2.35. The standard InChI is InChI=1S/C25H25ClN2O.C2H6/c1-2-23(18-6-4-3-5-7-18)25(20-10-13-24(28)21(16-20)17-27)19-8-11-22(12-9-19)29-15-14-26;1-2/h3-13,16-17,27H,2,14-15,28H2,1H3;1-2H3/b25-23+,27-17?;. The first kappa shape index (κ1) is 24.2. The van der Waals surface area contributed by atoms with Crippen molar-refractivity contribution in [3.05, 3.63) is 95.1 Å². The fourth-order valence-electron chi connectivity index (χ4n) is 3.41. The van der Waals surface area contributed by atoms with Crippen molar-refractivity contribution in [2.24, 2.45) is 0 Å². The fraction of sp³-hybridized carbons (Fsp3) is 0.222. The maximum absolute atomic E-state index is 7.69. The summed E-state index contributed by atoms with van der Waals surface area (Å²) in [5.41, 5.74) is 13.0. The zero-order valence-electron chi connectivity index (χ0n) is 18.5. The molecule has 0 bridgehead atoms. The first-order chi connectivity index (χ1) is 15.2. The van der Waals surface area contributed by atoms with Crippen LogP contribution in [0.25, 0.3) is 11.1 Å². The van der Waals surface area contributed by atoms with E-state index in [0.717, 1.165) is 28.9 Å². The maximum Gasteiger partial charge on any atom is 0.119 e. The number of nitrogen functional groups attached to an aromatic ring is 1. The summed E-state index contributed by atoms with van der Waals surface area (Å²) < 4.78 is 5.62. The Morgan fingerprint density at radius 2 is 1.58 bits per heavy atom. The molecule has 0 aromatic heterocycles. The van der Waals surface area contributed by atoms with Gasteiger partial charge < -0.3 is 15.9 Å². The van der Waals surface area contributed by atoms with Gasteiger partial charge in [0.1, 0.15) is 12.4 Å². The molecule has 3 rings (SSSR count). The first-order valence-electron chi connectivity index (χ1n) is 10.7. The molecule has 3 nitrogen and oxygen atoms in total. The SMILES string of the molecule is CC.CC/C(=C(/c1ccc(OCCCl)cc1)c1ccc(N)c(C=N)c1)c1ccccc1. The number of alkyl halides is 1. The minimum atomic E-state index is 0.457. The van der Waals surface area contributed by atoms with Gasteiger partial charge in [0.2, 0.25) is 0 Å². The minimum Gasteiger partial charge on any atom is -0.492 e. The lowest BCUT2D eigenvalue weighted by Gasteiger charge is -2.17. The lowest BCUT2D eigenvalue weighted by Crippen LogP contribution is -2.00. The van der Waals surface area contributed by atoms with E-state index in [2.05, 4.69) is 43.3 Å². The van der Waals surface area contributed by atoms with Crippen LogP contribution in [0.15, 0.2) is 72.8 Å². The molecule has 0 aliphatic carbocycles. The Balaban J connectivity index is 0.00000166. The second kappa shape index (κ2) is 12.6. The molecule has 162 valence electrons. The highest BCUT2D eigenvalue weighted by Gasteiger charge is 2.14. The topological polar surface area (TPSA) is 59.1 Å². The highest BCUT2D eigenvalue weighted by molar-refractivity contribution is 6.18. The van der Waals surface area contributed by atoms with Gasteiger partial charge in [-0.25, -0.2) is 0 Å². The van der Waals surface area contributed by atoms with Crippen molar-refractivity contribution in [3.8, 4) is 5.75 Å². The minimum absolute atomic E-state index is 0.457. The smallest absolute Gasteiger partial charge is 0.119 e. The van der Waals surface area contributed by atoms with E-state index in [1.54, 1.807) is 0 Å². The maximum atomic E-state index is 7.69. The van der Waals surface area contributed by atoms with Crippen LogP contribution in [0.2, 0.25) is 0 Å². The lowest BCUT2D eigenvalue weighted by atomic mass is 9.87. The number of nitrogens with two attached hydrogens (primary N) is 1. The Morgan fingerprint density at radius 1 is 0.935 bits per heavy atom. The van der Waals surface area contributed by atoms with E-state index in [1.165, 1.54) is 17.4 Å². The van der Waals surface area contributed by atoms with Crippen LogP contribution in [0.5, 0.6) is 5.75 Å². The molecule has 0 unspecified atom stereocenters. The molecule has 0 aliphatic rings. The summed E-state index contributed by atoms with van der Waals surface area (Å²) in [5.74, 6) is 1.25. The zero-order valence-corrected chi connectivity index (χ0v) is 19.2. The molecule has 0 radical (unpaired) electrons. The molecule has 31 heavy (non-hydrogen) atoms. The number of benzene rings is 3. The normalized spacial score (nSPS) is 11.1. The summed E-state index contributed by atoms with van der Waals surface area (Å²) in [6.07, 6.45) is 2.17. The summed E-state index contributed by atoms with van der Waals surface area (Å²) in [7, 11) is 0. The van der Waals surface area contributed by atoms with Gasteiger partial charge in [-0.1, -0.05) is 69.3 Å². The van der Waals surface area contributed by atoms with E-state index in [9.17, 15) is 0 Å². The molecule has 3 aromatic rings. The van der Waals surface area contributed by atoms with Crippen molar-refractivity contribution in [2.45, 2.75) is 27.2 Å². The molecule has 0 saturated carbocycles. The van der Waals surface area contributed by atoms with E-state index < -0.39 is 0 Å². The molecular weight excluding hydrogens is 404 g/mol. The Kier molecular flexibility index (Phi) is 9.86. The second-order valence-corrected chi connectivity index (χ2v) is 7.00. The third kappa shape index (κ3) is 6.22. The van der Waals surface area contributed by atoms with E-state index in [-0.39, 0.29) is 0 Å². The summed E-state index contributed by atoms with van der Waals surface area (Å²) >= 11 is 5.72. The van der Waals surface area contributed by atoms with Crippen molar-refractivity contribution in [2.75, 3.05) is 18.2 Å². The number of rotatable bonds is 8. The zero-order chi connectivity index (χ0) is 22.6. The molecule has 0 amide bonds. The number of halogens is 1. The van der Waals surface area contributed by atoms with Crippen LogP contribution in [0, 0.1) is 5.41 Å². The van der Waals surface area contributed by atoms with Gasteiger partial charge in [0.05, 0.1) is 5.88 Å². The Labute approximate surface area is 191 Å². The van der Waals surface area contributed by atoms with Gasteiger partial charge in [0.15, 0.2) is 0 Å². The average Bonchev–Trinajstić information content (AvgIpc) is 2.84. The van der Waals surface area contributed by atoms with E-state index >= 15 is 0 Å². The number of nitrogens with one attached hydrogen (secondary N) is 1. The van der Waals surface area contributed by atoms with Crippen molar-refractivity contribution in [3.63, 3.8) is 0 Å².